The summed E-state index contributed by atoms with van der Waals surface area (Å²) in [4.78, 5) is 0. The second-order valence-electron chi connectivity index (χ2n) is 8.77. The van der Waals surface area contributed by atoms with Gasteiger partial charge in [-0.1, -0.05) is 59.3 Å². The van der Waals surface area contributed by atoms with Gasteiger partial charge < -0.3 is 0 Å². The normalized spacial score (nSPS) is 51.0. The molecule has 0 nitrogen and oxygen atoms in total. The molecule has 0 aliphatic heterocycles. The first-order valence-electron chi connectivity index (χ1n) is 9.08. The molecular weight excluding hydrogens is 228 g/mol. The highest BCUT2D eigenvalue weighted by Crippen LogP contribution is 2.62. The third kappa shape index (κ3) is 2.88. The summed E-state index contributed by atoms with van der Waals surface area (Å²) in [6, 6.07) is 0. The minimum Gasteiger partial charge on any atom is -0.0625 e. The summed E-state index contributed by atoms with van der Waals surface area (Å²) in [5, 5.41) is 0. The first kappa shape index (κ1) is 14.0. The van der Waals surface area contributed by atoms with Crippen LogP contribution in [0, 0.1) is 35.0 Å². The summed E-state index contributed by atoms with van der Waals surface area (Å²) in [5.74, 6) is 5.19. The molecule has 0 radical (unpaired) electrons. The topological polar surface area (TPSA) is 0 Å². The number of hydrogen-bond acceptors (Lipinski definition) is 0. The highest BCUT2D eigenvalue weighted by atomic mass is 14.6. The lowest BCUT2D eigenvalue weighted by Crippen LogP contribution is -2.25. The first-order valence-corrected chi connectivity index (χ1v) is 9.08. The molecule has 0 amide bonds. The molecule has 110 valence electrons. The predicted octanol–water partition coefficient (Wildman–Crippen LogP) is 6.06. The summed E-state index contributed by atoms with van der Waals surface area (Å²) in [6.07, 6.45) is 15.4. The molecule has 0 aromatic carbocycles. The molecule has 3 aliphatic carbocycles. The van der Waals surface area contributed by atoms with Crippen LogP contribution in [0.2, 0.25) is 0 Å². The van der Waals surface area contributed by atoms with Crippen LogP contribution in [-0.4, -0.2) is 0 Å². The number of hydrogen-bond donors (Lipinski definition) is 0. The SMILES string of the molecule is CC1CCCCC(CC23CC(C)C(C2)C(C)C3)CC1. The Hall–Kier alpha value is 0. The van der Waals surface area contributed by atoms with Gasteiger partial charge in [0.1, 0.15) is 0 Å². The Morgan fingerprint density at radius 3 is 2.16 bits per heavy atom. The second-order valence-corrected chi connectivity index (χ2v) is 8.77. The third-order valence-electron chi connectivity index (χ3n) is 6.99. The molecule has 4 atom stereocenters. The zero-order chi connectivity index (χ0) is 13.5. The van der Waals surface area contributed by atoms with Gasteiger partial charge in [0.25, 0.3) is 0 Å². The van der Waals surface area contributed by atoms with Crippen LogP contribution < -0.4 is 0 Å². The van der Waals surface area contributed by atoms with E-state index in [4.69, 9.17) is 0 Å². The Morgan fingerprint density at radius 2 is 1.47 bits per heavy atom. The van der Waals surface area contributed by atoms with Gasteiger partial charge in [-0.15, -0.1) is 0 Å². The van der Waals surface area contributed by atoms with Crippen molar-refractivity contribution in [3.05, 3.63) is 0 Å². The average molecular weight is 262 g/mol. The molecule has 0 N–H and O–H groups in total. The summed E-state index contributed by atoms with van der Waals surface area (Å²) in [6.45, 7) is 7.54. The van der Waals surface area contributed by atoms with Crippen molar-refractivity contribution in [3.8, 4) is 0 Å². The van der Waals surface area contributed by atoms with Crippen LogP contribution in [-0.2, 0) is 0 Å². The summed E-state index contributed by atoms with van der Waals surface area (Å²) >= 11 is 0. The Labute approximate surface area is 120 Å². The van der Waals surface area contributed by atoms with Gasteiger partial charge in [-0.3, -0.25) is 0 Å². The molecule has 0 spiro atoms. The smallest absolute Gasteiger partial charge is 0.0287 e. The van der Waals surface area contributed by atoms with E-state index in [9.17, 15) is 0 Å². The van der Waals surface area contributed by atoms with Gasteiger partial charge >= 0.3 is 0 Å². The minimum atomic E-state index is 0.788. The molecule has 3 aliphatic rings. The molecule has 0 aromatic heterocycles. The van der Waals surface area contributed by atoms with E-state index in [0.717, 1.165) is 35.0 Å². The van der Waals surface area contributed by atoms with Crippen LogP contribution in [0.3, 0.4) is 0 Å². The van der Waals surface area contributed by atoms with Gasteiger partial charge in [0.15, 0.2) is 0 Å². The zero-order valence-electron chi connectivity index (χ0n) is 13.5. The zero-order valence-corrected chi connectivity index (χ0v) is 13.5. The molecule has 0 saturated heterocycles. The molecule has 0 heterocycles. The van der Waals surface area contributed by atoms with Crippen LogP contribution >= 0.6 is 0 Å². The van der Waals surface area contributed by atoms with Gasteiger partial charge in [0.05, 0.1) is 0 Å². The number of fused-ring (bicyclic) bond motifs is 2. The minimum absolute atomic E-state index is 0.788. The Morgan fingerprint density at radius 1 is 0.789 bits per heavy atom. The van der Waals surface area contributed by atoms with Crippen LogP contribution in [0.5, 0.6) is 0 Å². The van der Waals surface area contributed by atoms with Crippen molar-refractivity contribution in [3.63, 3.8) is 0 Å². The largest absolute Gasteiger partial charge is 0.0625 e. The fraction of sp³-hybridized carbons (Fsp3) is 1.00. The highest BCUT2D eigenvalue weighted by molar-refractivity contribution is 5.02. The van der Waals surface area contributed by atoms with E-state index >= 15 is 0 Å². The van der Waals surface area contributed by atoms with E-state index in [-0.39, 0.29) is 0 Å². The molecule has 3 fully saturated rings. The summed E-state index contributed by atoms with van der Waals surface area (Å²) in [5.41, 5.74) is 0.788. The van der Waals surface area contributed by atoms with Crippen molar-refractivity contribution in [2.75, 3.05) is 0 Å². The fourth-order valence-electron chi connectivity index (χ4n) is 6.18. The van der Waals surface area contributed by atoms with Gasteiger partial charge in [-0.2, -0.15) is 0 Å². The van der Waals surface area contributed by atoms with Crippen molar-refractivity contribution < 1.29 is 0 Å². The predicted molar refractivity (Wildman–Crippen MR) is 83.1 cm³/mol. The second kappa shape index (κ2) is 5.41. The maximum atomic E-state index is 2.53. The molecule has 19 heavy (non-hydrogen) atoms. The Kier molecular flexibility index (Phi) is 3.98. The van der Waals surface area contributed by atoms with Crippen LogP contribution in [0.4, 0.5) is 0 Å². The molecule has 2 bridgehead atoms. The van der Waals surface area contributed by atoms with E-state index in [1.165, 1.54) is 32.1 Å². The van der Waals surface area contributed by atoms with E-state index < -0.39 is 0 Å². The van der Waals surface area contributed by atoms with Gasteiger partial charge in [0.2, 0.25) is 0 Å². The van der Waals surface area contributed by atoms with Gasteiger partial charge in [-0.25, -0.2) is 0 Å². The molecule has 0 aromatic rings. The maximum Gasteiger partial charge on any atom is -0.0287 e. The van der Waals surface area contributed by atoms with Crippen molar-refractivity contribution in [2.24, 2.45) is 35.0 Å². The van der Waals surface area contributed by atoms with Gasteiger partial charge in [-0.05, 0) is 60.7 Å². The summed E-state index contributed by atoms with van der Waals surface area (Å²) < 4.78 is 0. The van der Waals surface area contributed by atoms with E-state index in [1.54, 1.807) is 32.1 Å². The highest BCUT2D eigenvalue weighted by Gasteiger charge is 2.52. The molecule has 4 unspecified atom stereocenters. The average Bonchev–Trinajstić information content (AvgIpc) is 2.81. The maximum absolute atomic E-state index is 2.53. The standard InChI is InChI=1S/C19H34/c1-14-6-4-5-7-17(9-8-14)12-19-10-15(2)18(13-19)16(3)11-19/h14-18H,4-13H2,1-3H3. The quantitative estimate of drug-likeness (QED) is 0.568. The summed E-state index contributed by atoms with van der Waals surface area (Å²) in [7, 11) is 0. The lowest BCUT2D eigenvalue weighted by molar-refractivity contribution is 0.153. The van der Waals surface area contributed by atoms with Crippen LogP contribution in [0.25, 0.3) is 0 Å². The van der Waals surface area contributed by atoms with E-state index in [1.807, 2.05) is 0 Å². The van der Waals surface area contributed by atoms with Crippen molar-refractivity contribution >= 4 is 0 Å². The first-order chi connectivity index (χ1) is 9.08. The van der Waals surface area contributed by atoms with Crippen LogP contribution in [0.1, 0.15) is 85.0 Å². The Balaban J connectivity index is 1.61. The monoisotopic (exact) mass is 262 g/mol. The third-order valence-corrected chi connectivity index (χ3v) is 6.99. The van der Waals surface area contributed by atoms with Gasteiger partial charge in [0, 0.05) is 0 Å². The lowest BCUT2D eigenvalue weighted by atomic mass is 9.70. The molecular formula is C19H34. The number of rotatable bonds is 2. The Bertz CT molecular complexity index is 293. The van der Waals surface area contributed by atoms with Crippen molar-refractivity contribution in [1.82, 2.24) is 0 Å². The lowest BCUT2D eigenvalue weighted by Gasteiger charge is -2.36. The van der Waals surface area contributed by atoms with E-state index in [2.05, 4.69) is 20.8 Å². The van der Waals surface area contributed by atoms with E-state index in [0.29, 0.717) is 0 Å². The van der Waals surface area contributed by atoms with Crippen molar-refractivity contribution in [1.29, 1.82) is 0 Å². The molecule has 0 heteroatoms. The molecule has 3 saturated carbocycles. The fourth-order valence-corrected chi connectivity index (χ4v) is 6.18. The van der Waals surface area contributed by atoms with Crippen molar-refractivity contribution in [2.45, 2.75) is 85.0 Å². The van der Waals surface area contributed by atoms with Crippen LogP contribution in [0.15, 0.2) is 0 Å². The molecule has 3 rings (SSSR count).